The Hall–Kier alpha value is -1.74. The first-order valence-corrected chi connectivity index (χ1v) is 11.6. The Kier molecular flexibility index (Phi) is 5.32. The van der Waals surface area contributed by atoms with Gasteiger partial charge in [-0.05, 0) is 24.3 Å². The Morgan fingerprint density at radius 2 is 1.81 bits per heavy atom. The van der Waals surface area contributed by atoms with Gasteiger partial charge in [0.15, 0.2) is 6.04 Å². The van der Waals surface area contributed by atoms with Crippen LogP contribution in [0.25, 0.3) is 0 Å². The van der Waals surface area contributed by atoms with Crippen LogP contribution >= 0.6 is 11.3 Å². The number of carbonyl (C=O) groups excluding carboxylic acids is 1. The maximum Gasteiger partial charge on any atom is 0.283 e. The minimum atomic E-state index is -3.42. The number of nitrogens with one attached hydrogen (secondary N) is 2. The second-order valence-corrected chi connectivity index (χ2v) is 10.2. The van der Waals surface area contributed by atoms with Crippen LogP contribution in [0.3, 0.4) is 0 Å². The summed E-state index contributed by atoms with van der Waals surface area (Å²) in [4.78, 5) is 14.0. The summed E-state index contributed by atoms with van der Waals surface area (Å²) in [5.41, 5.74) is 0.986. The number of thiophene rings is 1. The van der Waals surface area contributed by atoms with Gasteiger partial charge in [-0.2, -0.15) is 4.31 Å². The largest absolute Gasteiger partial charge is 0.348 e. The Labute approximate surface area is 163 Å². The van der Waals surface area contributed by atoms with Crippen LogP contribution in [0.15, 0.2) is 52.1 Å². The lowest BCUT2D eigenvalue weighted by atomic mass is 10.0. The molecule has 2 fully saturated rings. The van der Waals surface area contributed by atoms with Crippen molar-refractivity contribution in [3.05, 3.63) is 53.4 Å². The van der Waals surface area contributed by atoms with Crippen molar-refractivity contribution in [2.45, 2.75) is 29.1 Å². The number of hydrogen-bond donors (Lipinski definition) is 2. The van der Waals surface area contributed by atoms with E-state index < -0.39 is 10.0 Å². The van der Waals surface area contributed by atoms with Crippen molar-refractivity contribution >= 4 is 27.3 Å². The summed E-state index contributed by atoms with van der Waals surface area (Å²) in [5.74, 6) is 0.0493. The monoisotopic (exact) mass is 406 g/mol. The lowest BCUT2D eigenvalue weighted by Crippen LogP contribution is -3.16. The molecule has 0 spiro atoms. The zero-order valence-corrected chi connectivity index (χ0v) is 16.6. The Balaban J connectivity index is 1.49. The molecule has 2 aliphatic rings. The van der Waals surface area contributed by atoms with Crippen molar-refractivity contribution in [3.63, 3.8) is 0 Å². The van der Waals surface area contributed by atoms with Crippen LogP contribution in [0.2, 0.25) is 0 Å². The molecular formula is C19H24N3O3S2+. The fourth-order valence-corrected chi connectivity index (χ4v) is 6.16. The number of nitrogens with zero attached hydrogens (tertiary/aromatic N) is 1. The predicted octanol–water partition coefficient (Wildman–Crippen LogP) is 0.657. The quantitative estimate of drug-likeness (QED) is 0.740. The molecule has 1 aromatic heterocycles. The highest BCUT2D eigenvalue weighted by Crippen LogP contribution is 2.22. The van der Waals surface area contributed by atoms with E-state index >= 15 is 0 Å². The predicted molar refractivity (Wildman–Crippen MR) is 104 cm³/mol. The normalized spacial score (nSPS) is 20.3. The van der Waals surface area contributed by atoms with Crippen molar-refractivity contribution < 1.29 is 18.1 Å². The minimum Gasteiger partial charge on any atom is -0.348 e. The Morgan fingerprint density at radius 3 is 2.41 bits per heavy atom. The molecule has 4 rings (SSSR count). The standard InChI is InChI=1S/C19H23N3O3S2/c23-19(20-16-8-9-16)18(15-5-2-1-3-6-15)21-10-12-22(13-11-21)27(24,25)17-7-4-14-26-17/h1-7,14,16,18H,8-13H2,(H,20,23)/p+1/t18-/m0/s1. The van der Waals surface area contributed by atoms with E-state index in [0.29, 0.717) is 36.4 Å². The number of hydrogen-bond acceptors (Lipinski definition) is 4. The highest BCUT2D eigenvalue weighted by atomic mass is 32.2. The van der Waals surface area contributed by atoms with Crippen LogP contribution in [0.1, 0.15) is 24.4 Å². The van der Waals surface area contributed by atoms with Crippen molar-refractivity contribution in [1.82, 2.24) is 9.62 Å². The van der Waals surface area contributed by atoms with Gasteiger partial charge in [0.05, 0.1) is 26.2 Å². The fraction of sp³-hybridized carbons (Fsp3) is 0.421. The number of piperazine rings is 1. The van der Waals surface area contributed by atoms with Gasteiger partial charge in [0, 0.05) is 11.6 Å². The third kappa shape index (κ3) is 4.08. The summed E-state index contributed by atoms with van der Waals surface area (Å²) in [6.45, 7) is 2.08. The third-order valence-corrected chi connectivity index (χ3v) is 8.45. The zero-order valence-electron chi connectivity index (χ0n) is 15.0. The van der Waals surface area contributed by atoms with Gasteiger partial charge < -0.3 is 10.2 Å². The number of quaternary nitrogens is 1. The van der Waals surface area contributed by atoms with Crippen LogP contribution in [-0.4, -0.2) is 50.9 Å². The highest BCUT2D eigenvalue weighted by molar-refractivity contribution is 7.91. The molecule has 144 valence electrons. The molecule has 6 nitrogen and oxygen atoms in total. The SMILES string of the molecule is O=C(NC1CC1)[C@H](c1ccccc1)[NH+]1CCN(S(=O)(=O)c2cccs2)CC1. The molecule has 27 heavy (non-hydrogen) atoms. The van der Waals surface area contributed by atoms with Gasteiger partial charge in [-0.1, -0.05) is 36.4 Å². The molecule has 0 unspecified atom stereocenters. The average molecular weight is 407 g/mol. The molecule has 1 saturated heterocycles. The van der Waals surface area contributed by atoms with Gasteiger partial charge in [-0.25, -0.2) is 8.42 Å². The van der Waals surface area contributed by atoms with Gasteiger partial charge in [-0.3, -0.25) is 4.79 Å². The molecule has 0 radical (unpaired) electrons. The number of benzene rings is 1. The van der Waals surface area contributed by atoms with Crippen LogP contribution < -0.4 is 10.2 Å². The molecule has 2 N–H and O–H groups in total. The summed E-state index contributed by atoms with van der Waals surface area (Å²) in [6, 6.07) is 13.2. The Bertz CT molecular complexity index is 872. The van der Waals surface area contributed by atoms with Gasteiger partial charge in [0.2, 0.25) is 0 Å². The molecule has 8 heteroatoms. The van der Waals surface area contributed by atoms with Gasteiger partial charge >= 0.3 is 0 Å². The molecule has 2 aromatic rings. The zero-order chi connectivity index (χ0) is 18.9. The van der Waals surface area contributed by atoms with E-state index in [1.54, 1.807) is 21.8 Å². The van der Waals surface area contributed by atoms with Crippen molar-refractivity contribution in [2.24, 2.45) is 0 Å². The van der Waals surface area contributed by atoms with Crippen molar-refractivity contribution in [3.8, 4) is 0 Å². The van der Waals surface area contributed by atoms with Gasteiger partial charge in [0.25, 0.3) is 15.9 Å². The van der Waals surface area contributed by atoms with E-state index in [9.17, 15) is 13.2 Å². The minimum absolute atomic E-state index is 0.0493. The maximum absolute atomic E-state index is 12.9. The number of rotatable bonds is 6. The van der Waals surface area contributed by atoms with Gasteiger partial charge in [-0.15, -0.1) is 11.3 Å². The van der Waals surface area contributed by atoms with E-state index in [1.807, 2.05) is 30.3 Å². The molecular weight excluding hydrogens is 382 g/mol. The van der Waals surface area contributed by atoms with Crippen LogP contribution in [-0.2, 0) is 14.8 Å². The van der Waals surface area contributed by atoms with E-state index in [0.717, 1.165) is 23.3 Å². The number of amides is 1. The lowest BCUT2D eigenvalue weighted by molar-refractivity contribution is -0.925. The second-order valence-electron chi connectivity index (χ2n) is 7.12. The maximum atomic E-state index is 12.9. The first-order chi connectivity index (χ1) is 13.1. The number of sulfonamides is 1. The summed E-state index contributed by atoms with van der Waals surface area (Å²) >= 11 is 1.25. The molecule has 0 bridgehead atoms. The molecule has 1 aliphatic carbocycles. The molecule has 1 atom stereocenters. The van der Waals surface area contributed by atoms with Crippen LogP contribution in [0.4, 0.5) is 0 Å². The molecule has 1 saturated carbocycles. The lowest BCUT2D eigenvalue weighted by Gasteiger charge is -2.35. The first-order valence-electron chi connectivity index (χ1n) is 9.29. The van der Waals surface area contributed by atoms with Crippen molar-refractivity contribution in [1.29, 1.82) is 0 Å². The summed E-state index contributed by atoms with van der Waals surface area (Å²) in [7, 11) is -3.42. The number of carbonyl (C=O) groups is 1. The average Bonchev–Trinajstić information content (AvgIpc) is 3.31. The second kappa shape index (κ2) is 7.71. The van der Waals surface area contributed by atoms with E-state index in [2.05, 4.69) is 5.32 Å². The van der Waals surface area contributed by atoms with E-state index in [-0.39, 0.29) is 11.9 Å². The third-order valence-electron chi connectivity index (χ3n) is 5.18. The summed E-state index contributed by atoms with van der Waals surface area (Å²) in [5, 5.41) is 4.90. The van der Waals surface area contributed by atoms with Crippen LogP contribution in [0, 0.1) is 0 Å². The summed E-state index contributed by atoms with van der Waals surface area (Å²) in [6.07, 6.45) is 2.10. The Morgan fingerprint density at radius 1 is 1.11 bits per heavy atom. The van der Waals surface area contributed by atoms with E-state index in [1.165, 1.54) is 11.3 Å². The molecule has 2 heterocycles. The molecule has 1 aromatic carbocycles. The fourth-order valence-electron chi connectivity index (χ4n) is 3.57. The molecule has 1 amide bonds. The first kappa shape index (κ1) is 18.6. The molecule has 1 aliphatic heterocycles. The van der Waals surface area contributed by atoms with Crippen LogP contribution in [0.5, 0.6) is 0 Å². The topological polar surface area (TPSA) is 70.9 Å². The highest BCUT2D eigenvalue weighted by Gasteiger charge is 2.39. The summed E-state index contributed by atoms with van der Waals surface area (Å²) < 4.78 is 27.4. The van der Waals surface area contributed by atoms with Crippen molar-refractivity contribution in [2.75, 3.05) is 26.2 Å². The van der Waals surface area contributed by atoms with Gasteiger partial charge in [0.1, 0.15) is 4.21 Å². The van der Waals surface area contributed by atoms with E-state index in [4.69, 9.17) is 0 Å². The smallest absolute Gasteiger partial charge is 0.283 e.